The summed E-state index contributed by atoms with van der Waals surface area (Å²) in [5, 5.41) is 3.20. The molecule has 8 heteroatoms. The number of amides is 2. The number of nitrogens with two attached hydrogens (primary N) is 1. The van der Waals surface area contributed by atoms with E-state index in [1.54, 1.807) is 36.4 Å². The van der Waals surface area contributed by atoms with Crippen LogP contribution in [0, 0.1) is 0 Å². The fourth-order valence-corrected chi connectivity index (χ4v) is 3.67. The molecule has 0 spiro atoms. The third kappa shape index (κ3) is 6.20. The number of nitrogens with zero attached hydrogens (tertiary/aromatic N) is 1. The van der Waals surface area contributed by atoms with Crippen LogP contribution >= 0.6 is 23.2 Å². The first-order chi connectivity index (χ1) is 15.8. The molecule has 3 rings (SSSR count). The standard InChI is InChI=1S/C25H23Cl2N3O3/c1-30(23(31)15-29-25(33)21(28)13-16-7-3-2-4-8-16)22-12-11-17(26)14-19(22)24(32)18-9-5-6-10-20(18)27/h2-12,14,21H,13,15,28H2,1H3,(H,29,33)/t21-/m1/s1. The second-order valence-corrected chi connectivity index (χ2v) is 8.28. The van der Waals surface area contributed by atoms with E-state index in [4.69, 9.17) is 28.9 Å². The van der Waals surface area contributed by atoms with Crippen LogP contribution in [-0.2, 0) is 16.0 Å². The number of rotatable bonds is 8. The number of anilines is 1. The van der Waals surface area contributed by atoms with Crippen molar-refractivity contribution in [2.24, 2.45) is 5.73 Å². The van der Waals surface area contributed by atoms with Crippen molar-refractivity contribution in [3.8, 4) is 0 Å². The zero-order valence-corrected chi connectivity index (χ0v) is 19.4. The molecule has 0 unspecified atom stereocenters. The van der Waals surface area contributed by atoms with Crippen molar-refractivity contribution < 1.29 is 14.4 Å². The van der Waals surface area contributed by atoms with Gasteiger partial charge >= 0.3 is 0 Å². The fourth-order valence-electron chi connectivity index (χ4n) is 3.28. The molecule has 0 saturated carbocycles. The Morgan fingerprint density at radius 2 is 1.61 bits per heavy atom. The number of nitrogens with one attached hydrogen (secondary N) is 1. The van der Waals surface area contributed by atoms with Crippen molar-refractivity contribution in [2.45, 2.75) is 12.5 Å². The summed E-state index contributed by atoms with van der Waals surface area (Å²) in [6.45, 7) is -0.278. The minimum atomic E-state index is -0.793. The number of hydrogen-bond acceptors (Lipinski definition) is 4. The molecule has 0 fully saturated rings. The molecule has 0 aliphatic heterocycles. The summed E-state index contributed by atoms with van der Waals surface area (Å²) in [7, 11) is 1.52. The van der Waals surface area contributed by atoms with Crippen LogP contribution in [0.15, 0.2) is 72.8 Å². The molecule has 0 aliphatic carbocycles. The molecule has 0 aromatic heterocycles. The zero-order chi connectivity index (χ0) is 24.0. The molecule has 0 aliphatic rings. The normalized spacial score (nSPS) is 11.5. The molecule has 0 radical (unpaired) electrons. The maximum absolute atomic E-state index is 13.1. The SMILES string of the molecule is CN(C(=O)CNC(=O)[C@H](N)Cc1ccccc1)c1ccc(Cl)cc1C(=O)c1ccccc1Cl. The van der Waals surface area contributed by atoms with Gasteiger partial charge in [0.1, 0.15) is 0 Å². The summed E-state index contributed by atoms with van der Waals surface area (Å²) in [4.78, 5) is 39.6. The van der Waals surface area contributed by atoms with Crippen LogP contribution in [-0.4, -0.2) is 37.2 Å². The highest BCUT2D eigenvalue weighted by Gasteiger charge is 2.23. The second-order valence-electron chi connectivity index (χ2n) is 7.44. The molecule has 0 bridgehead atoms. The zero-order valence-electron chi connectivity index (χ0n) is 17.9. The molecular formula is C25H23Cl2N3O3. The van der Waals surface area contributed by atoms with E-state index < -0.39 is 17.9 Å². The number of halogens is 2. The number of likely N-dealkylation sites (N-methyl/N-ethyl adjacent to an activating group) is 1. The predicted molar refractivity (Wildman–Crippen MR) is 131 cm³/mol. The third-order valence-electron chi connectivity index (χ3n) is 5.11. The van der Waals surface area contributed by atoms with E-state index in [2.05, 4.69) is 5.32 Å². The van der Waals surface area contributed by atoms with Gasteiger partial charge in [-0.1, -0.05) is 65.7 Å². The van der Waals surface area contributed by atoms with Crippen molar-refractivity contribution in [3.05, 3.63) is 99.5 Å². The lowest BCUT2D eigenvalue weighted by molar-refractivity contribution is -0.125. The molecule has 2 amide bonds. The molecular weight excluding hydrogens is 461 g/mol. The van der Waals surface area contributed by atoms with Gasteiger partial charge in [0.05, 0.1) is 23.3 Å². The van der Waals surface area contributed by atoms with Gasteiger partial charge < -0.3 is 16.0 Å². The van der Waals surface area contributed by atoms with Gasteiger partial charge in [0.2, 0.25) is 11.8 Å². The number of carbonyl (C=O) groups is 3. The quantitative estimate of drug-likeness (QED) is 0.475. The van der Waals surface area contributed by atoms with Crippen LogP contribution in [0.25, 0.3) is 0 Å². The summed E-state index contributed by atoms with van der Waals surface area (Å²) in [6, 6.07) is 19.9. The predicted octanol–water partition coefficient (Wildman–Crippen LogP) is 3.87. The van der Waals surface area contributed by atoms with E-state index in [1.807, 2.05) is 30.3 Å². The summed E-state index contributed by atoms with van der Waals surface area (Å²) in [6.07, 6.45) is 0.352. The Bertz CT molecular complexity index is 1170. The monoisotopic (exact) mass is 483 g/mol. The van der Waals surface area contributed by atoms with Crippen LogP contribution in [0.4, 0.5) is 5.69 Å². The highest BCUT2D eigenvalue weighted by molar-refractivity contribution is 6.36. The molecule has 1 atom stereocenters. The van der Waals surface area contributed by atoms with E-state index in [9.17, 15) is 14.4 Å². The Morgan fingerprint density at radius 1 is 0.939 bits per heavy atom. The van der Waals surface area contributed by atoms with E-state index in [-0.39, 0.29) is 17.9 Å². The molecule has 33 heavy (non-hydrogen) atoms. The maximum Gasteiger partial charge on any atom is 0.246 e. The Morgan fingerprint density at radius 3 is 2.30 bits per heavy atom. The Kier molecular flexibility index (Phi) is 8.22. The highest BCUT2D eigenvalue weighted by Crippen LogP contribution is 2.28. The summed E-state index contributed by atoms with van der Waals surface area (Å²) in [5.74, 6) is -1.23. The van der Waals surface area contributed by atoms with Gasteiger partial charge in [0, 0.05) is 23.2 Å². The summed E-state index contributed by atoms with van der Waals surface area (Å²) >= 11 is 12.3. The Labute approximate surface area is 202 Å². The molecule has 3 aromatic carbocycles. The third-order valence-corrected chi connectivity index (χ3v) is 5.67. The molecule has 3 N–H and O–H groups in total. The first-order valence-corrected chi connectivity index (χ1v) is 11.0. The average Bonchev–Trinajstić information content (AvgIpc) is 2.82. The first-order valence-electron chi connectivity index (χ1n) is 10.2. The number of ketones is 1. The molecule has 3 aromatic rings. The maximum atomic E-state index is 13.1. The first kappa shape index (κ1) is 24.5. The van der Waals surface area contributed by atoms with E-state index in [1.165, 1.54) is 18.0 Å². The smallest absolute Gasteiger partial charge is 0.246 e. The van der Waals surface area contributed by atoms with Gasteiger partial charge in [-0.05, 0) is 42.3 Å². The van der Waals surface area contributed by atoms with Crippen LogP contribution in [0.5, 0.6) is 0 Å². The minimum absolute atomic E-state index is 0.221. The second kappa shape index (κ2) is 11.1. The molecule has 0 heterocycles. The van der Waals surface area contributed by atoms with Crippen LogP contribution in [0.2, 0.25) is 10.0 Å². The number of hydrogen-bond donors (Lipinski definition) is 2. The molecule has 6 nitrogen and oxygen atoms in total. The van der Waals surface area contributed by atoms with Crippen molar-refractivity contribution in [1.29, 1.82) is 0 Å². The van der Waals surface area contributed by atoms with E-state index >= 15 is 0 Å². The van der Waals surface area contributed by atoms with Gasteiger partial charge in [-0.25, -0.2) is 0 Å². The van der Waals surface area contributed by atoms with Gasteiger partial charge in [-0.3, -0.25) is 14.4 Å². The summed E-state index contributed by atoms with van der Waals surface area (Å²) in [5.41, 5.74) is 7.76. The van der Waals surface area contributed by atoms with Gasteiger partial charge in [-0.2, -0.15) is 0 Å². The molecule has 0 saturated heterocycles. The average molecular weight is 484 g/mol. The van der Waals surface area contributed by atoms with Gasteiger partial charge in [-0.15, -0.1) is 0 Å². The number of benzene rings is 3. The molecule has 170 valence electrons. The van der Waals surface area contributed by atoms with Crippen LogP contribution in [0.3, 0.4) is 0 Å². The number of carbonyl (C=O) groups excluding carboxylic acids is 3. The van der Waals surface area contributed by atoms with Crippen LogP contribution in [0.1, 0.15) is 21.5 Å². The minimum Gasteiger partial charge on any atom is -0.346 e. The van der Waals surface area contributed by atoms with Crippen molar-refractivity contribution >= 4 is 46.5 Å². The van der Waals surface area contributed by atoms with Gasteiger partial charge in [0.25, 0.3) is 0 Å². The van der Waals surface area contributed by atoms with E-state index in [0.29, 0.717) is 27.7 Å². The lowest BCUT2D eigenvalue weighted by atomic mass is 10.0. The van der Waals surface area contributed by atoms with Crippen molar-refractivity contribution in [3.63, 3.8) is 0 Å². The Hall–Kier alpha value is -3.19. The fraction of sp³-hybridized carbons (Fsp3) is 0.160. The topological polar surface area (TPSA) is 92.5 Å². The lowest BCUT2D eigenvalue weighted by Gasteiger charge is -2.21. The Balaban J connectivity index is 1.71. The van der Waals surface area contributed by atoms with Crippen molar-refractivity contribution in [2.75, 3.05) is 18.5 Å². The van der Waals surface area contributed by atoms with Crippen LogP contribution < -0.4 is 16.0 Å². The largest absolute Gasteiger partial charge is 0.346 e. The van der Waals surface area contributed by atoms with Crippen molar-refractivity contribution in [1.82, 2.24) is 5.32 Å². The highest BCUT2D eigenvalue weighted by atomic mass is 35.5. The van der Waals surface area contributed by atoms with Gasteiger partial charge in [0.15, 0.2) is 5.78 Å². The summed E-state index contributed by atoms with van der Waals surface area (Å²) < 4.78 is 0. The lowest BCUT2D eigenvalue weighted by Crippen LogP contribution is -2.46. The van der Waals surface area contributed by atoms with E-state index in [0.717, 1.165) is 5.56 Å².